The van der Waals surface area contributed by atoms with Crippen LogP contribution in [0.15, 0.2) is 24.3 Å². The predicted octanol–water partition coefficient (Wildman–Crippen LogP) is 4.78. The van der Waals surface area contributed by atoms with Crippen LogP contribution in [0.3, 0.4) is 0 Å². The van der Waals surface area contributed by atoms with Gasteiger partial charge in [-0.05, 0) is 49.1 Å². The zero-order chi connectivity index (χ0) is 15.3. The molecule has 1 saturated carbocycles. The molecule has 1 unspecified atom stereocenters. The van der Waals surface area contributed by atoms with Crippen molar-refractivity contribution < 1.29 is 5.11 Å². The number of aryl methyl sites for hydroxylation is 1. The van der Waals surface area contributed by atoms with Gasteiger partial charge in [0, 0.05) is 0 Å². The first-order chi connectivity index (χ1) is 10.2. The van der Waals surface area contributed by atoms with Crippen molar-refractivity contribution in [1.29, 1.82) is 5.26 Å². The minimum Gasteiger partial charge on any atom is -0.387 e. The molecule has 0 bridgehead atoms. The van der Waals surface area contributed by atoms with Crippen LogP contribution in [0, 0.1) is 22.7 Å². The van der Waals surface area contributed by atoms with Gasteiger partial charge in [-0.15, -0.1) is 0 Å². The Morgan fingerprint density at radius 2 is 1.95 bits per heavy atom. The molecule has 1 fully saturated rings. The van der Waals surface area contributed by atoms with Gasteiger partial charge in [-0.25, -0.2) is 0 Å². The Morgan fingerprint density at radius 1 is 1.29 bits per heavy atom. The number of nitrogens with zero attached hydrogens (tertiary/aromatic N) is 1. The van der Waals surface area contributed by atoms with Crippen LogP contribution >= 0.6 is 0 Å². The van der Waals surface area contributed by atoms with Crippen molar-refractivity contribution in [3.8, 4) is 6.07 Å². The summed E-state index contributed by atoms with van der Waals surface area (Å²) in [7, 11) is 0. The molecule has 1 aromatic carbocycles. The Kier molecular flexibility index (Phi) is 5.42. The molecule has 2 rings (SSSR count). The summed E-state index contributed by atoms with van der Waals surface area (Å²) in [6, 6.07) is 10.5. The van der Waals surface area contributed by atoms with Gasteiger partial charge in [0.2, 0.25) is 0 Å². The molecule has 114 valence electrons. The molecule has 2 heteroatoms. The maximum atomic E-state index is 10.9. The Morgan fingerprint density at radius 3 is 2.52 bits per heavy atom. The third-order valence-corrected chi connectivity index (χ3v) is 5.17. The minimum atomic E-state index is -0.652. The minimum absolute atomic E-state index is 0.588. The molecule has 0 aliphatic heterocycles. The summed E-state index contributed by atoms with van der Waals surface area (Å²) in [5, 5.41) is 20.6. The average molecular weight is 285 g/mol. The topological polar surface area (TPSA) is 44.0 Å². The molecular formula is C19H27NO. The lowest BCUT2D eigenvalue weighted by atomic mass is 9.65. The molecule has 0 spiro atoms. The Labute approximate surface area is 128 Å². The average Bonchev–Trinajstić information content (AvgIpc) is 2.55. The van der Waals surface area contributed by atoms with Gasteiger partial charge in [-0.1, -0.05) is 51.0 Å². The fourth-order valence-corrected chi connectivity index (χ4v) is 3.76. The van der Waals surface area contributed by atoms with Crippen molar-refractivity contribution in [3.63, 3.8) is 0 Å². The number of hydrogen-bond acceptors (Lipinski definition) is 2. The van der Waals surface area contributed by atoms with Crippen molar-refractivity contribution in [2.45, 2.75) is 64.9 Å². The second kappa shape index (κ2) is 7.09. The second-order valence-corrected chi connectivity index (χ2v) is 6.45. The largest absolute Gasteiger partial charge is 0.387 e. The third-order valence-electron chi connectivity index (χ3n) is 5.17. The van der Waals surface area contributed by atoms with Crippen LogP contribution in [-0.4, -0.2) is 5.11 Å². The molecule has 1 aromatic rings. The van der Waals surface area contributed by atoms with E-state index in [2.05, 4.69) is 26.0 Å². The molecule has 0 radical (unpaired) electrons. The van der Waals surface area contributed by atoms with E-state index >= 15 is 0 Å². The van der Waals surface area contributed by atoms with E-state index in [1.165, 1.54) is 12.8 Å². The van der Waals surface area contributed by atoms with Crippen molar-refractivity contribution >= 4 is 0 Å². The first kappa shape index (κ1) is 16.0. The van der Waals surface area contributed by atoms with E-state index in [-0.39, 0.29) is 0 Å². The van der Waals surface area contributed by atoms with Crippen molar-refractivity contribution in [3.05, 3.63) is 35.4 Å². The standard InChI is InChI=1S/C19H27NO/c1-3-7-15-10-12-19(14-20,13-11-15)18(21)17-9-6-5-8-16(17)4-2/h5-6,8-9,15,18,21H,3-4,7,10-13H2,1-2H3. The van der Waals surface area contributed by atoms with E-state index in [1.54, 1.807) is 0 Å². The molecule has 0 heterocycles. The van der Waals surface area contributed by atoms with E-state index in [1.807, 2.05) is 18.2 Å². The molecule has 1 atom stereocenters. The number of aliphatic hydroxyl groups is 1. The van der Waals surface area contributed by atoms with Gasteiger partial charge in [-0.3, -0.25) is 0 Å². The normalized spacial score (nSPS) is 27.0. The van der Waals surface area contributed by atoms with E-state index in [4.69, 9.17) is 0 Å². The van der Waals surface area contributed by atoms with Gasteiger partial charge in [0.05, 0.1) is 17.6 Å². The van der Waals surface area contributed by atoms with Crippen LogP contribution in [0.5, 0.6) is 0 Å². The first-order valence-corrected chi connectivity index (χ1v) is 8.34. The first-order valence-electron chi connectivity index (χ1n) is 8.34. The zero-order valence-electron chi connectivity index (χ0n) is 13.3. The fraction of sp³-hybridized carbons (Fsp3) is 0.632. The van der Waals surface area contributed by atoms with E-state index in [9.17, 15) is 10.4 Å². The van der Waals surface area contributed by atoms with Crippen LogP contribution in [0.25, 0.3) is 0 Å². The fourth-order valence-electron chi connectivity index (χ4n) is 3.76. The number of rotatable bonds is 5. The molecule has 1 aliphatic rings. The molecular weight excluding hydrogens is 258 g/mol. The summed E-state index contributed by atoms with van der Waals surface area (Å²) in [6.07, 6.45) is 6.52. The maximum absolute atomic E-state index is 10.9. The highest BCUT2D eigenvalue weighted by Crippen LogP contribution is 2.48. The molecule has 0 saturated heterocycles. The highest BCUT2D eigenvalue weighted by atomic mass is 16.3. The lowest BCUT2D eigenvalue weighted by molar-refractivity contribution is 0.0231. The van der Waals surface area contributed by atoms with E-state index in [0.29, 0.717) is 0 Å². The lowest BCUT2D eigenvalue weighted by Gasteiger charge is -2.39. The molecule has 1 N–H and O–H groups in total. The summed E-state index contributed by atoms with van der Waals surface area (Å²) in [6.45, 7) is 4.32. The third kappa shape index (κ3) is 3.30. The highest BCUT2D eigenvalue weighted by molar-refractivity contribution is 5.32. The van der Waals surface area contributed by atoms with Crippen molar-refractivity contribution in [2.24, 2.45) is 11.3 Å². The molecule has 21 heavy (non-hydrogen) atoms. The number of nitriles is 1. The van der Waals surface area contributed by atoms with E-state index in [0.717, 1.165) is 49.1 Å². The molecule has 0 aromatic heterocycles. The van der Waals surface area contributed by atoms with Crippen LogP contribution < -0.4 is 0 Å². The molecule has 0 amide bonds. The Hall–Kier alpha value is -1.33. The van der Waals surface area contributed by atoms with Crippen LogP contribution in [-0.2, 0) is 6.42 Å². The lowest BCUT2D eigenvalue weighted by Crippen LogP contribution is -2.33. The van der Waals surface area contributed by atoms with Gasteiger partial charge >= 0.3 is 0 Å². The van der Waals surface area contributed by atoms with Crippen molar-refractivity contribution in [1.82, 2.24) is 0 Å². The summed E-state index contributed by atoms with van der Waals surface area (Å²) in [5.41, 5.74) is 1.53. The van der Waals surface area contributed by atoms with E-state index < -0.39 is 11.5 Å². The number of hydrogen-bond donors (Lipinski definition) is 1. The van der Waals surface area contributed by atoms with Crippen molar-refractivity contribution in [2.75, 3.05) is 0 Å². The predicted molar refractivity (Wildman–Crippen MR) is 85.7 cm³/mol. The van der Waals surface area contributed by atoms with Gasteiger partial charge in [0.25, 0.3) is 0 Å². The molecule has 2 nitrogen and oxygen atoms in total. The summed E-state index contributed by atoms with van der Waals surface area (Å²) in [4.78, 5) is 0. The summed E-state index contributed by atoms with van der Waals surface area (Å²) >= 11 is 0. The van der Waals surface area contributed by atoms with Gasteiger partial charge in [-0.2, -0.15) is 5.26 Å². The number of aliphatic hydroxyl groups excluding tert-OH is 1. The summed E-state index contributed by atoms with van der Waals surface area (Å²) < 4.78 is 0. The van der Waals surface area contributed by atoms with Gasteiger partial charge in [0.15, 0.2) is 0 Å². The zero-order valence-corrected chi connectivity index (χ0v) is 13.3. The number of benzene rings is 1. The highest BCUT2D eigenvalue weighted by Gasteiger charge is 2.42. The van der Waals surface area contributed by atoms with Gasteiger partial charge < -0.3 is 5.11 Å². The summed E-state index contributed by atoms with van der Waals surface area (Å²) in [5.74, 6) is 0.741. The van der Waals surface area contributed by atoms with Crippen LogP contribution in [0.2, 0.25) is 0 Å². The SMILES string of the molecule is CCCC1CCC(C#N)(C(O)c2ccccc2CC)CC1. The Balaban J connectivity index is 2.20. The monoisotopic (exact) mass is 285 g/mol. The van der Waals surface area contributed by atoms with Crippen LogP contribution in [0.1, 0.15) is 69.6 Å². The van der Waals surface area contributed by atoms with Gasteiger partial charge in [0.1, 0.15) is 0 Å². The second-order valence-electron chi connectivity index (χ2n) is 6.45. The van der Waals surface area contributed by atoms with Crippen LogP contribution in [0.4, 0.5) is 0 Å². The molecule has 1 aliphatic carbocycles. The maximum Gasteiger partial charge on any atom is 0.0978 e. The quantitative estimate of drug-likeness (QED) is 0.846. The smallest absolute Gasteiger partial charge is 0.0978 e. The Bertz CT molecular complexity index is 495.